The van der Waals surface area contributed by atoms with Gasteiger partial charge in [-0.25, -0.2) is 0 Å². The Morgan fingerprint density at radius 2 is 2.30 bits per heavy atom. The lowest BCUT2D eigenvalue weighted by molar-refractivity contribution is 0.190. The summed E-state index contributed by atoms with van der Waals surface area (Å²) in [5.74, 6) is 0.139. The number of rotatable bonds is 2. The Bertz CT molecular complexity index is 129. The van der Waals surface area contributed by atoms with Crippen molar-refractivity contribution in [2.24, 2.45) is 5.92 Å². The van der Waals surface area contributed by atoms with Crippen molar-refractivity contribution in [3.8, 4) is 0 Å². The second kappa shape index (κ2) is 3.19. The molecule has 4 heteroatoms. The molecule has 0 radical (unpaired) electrons. The Morgan fingerprint density at radius 1 is 1.60 bits per heavy atom. The second-order valence-corrected chi connectivity index (χ2v) is 2.51. The van der Waals surface area contributed by atoms with Crippen LogP contribution in [-0.2, 0) is 4.74 Å². The van der Waals surface area contributed by atoms with Crippen molar-refractivity contribution in [2.75, 3.05) is 13.2 Å². The van der Waals surface area contributed by atoms with Crippen LogP contribution in [0.4, 0.5) is 0 Å². The maximum Gasteiger partial charge on any atom is 0.483 e. The van der Waals surface area contributed by atoms with Crippen LogP contribution in [0.15, 0.2) is 12.1 Å². The zero-order valence-electron chi connectivity index (χ0n) is 5.79. The molecule has 0 saturated carbocycles. The molecule has 2 N–H and O–H groups in total. The third-order valence-corrected chi connectivity index (χ3v) is 1.79. The van der Waals surface area contributed by atoms with Gasteiger partial charge in [0.2, 0.25) is 0 Å². The van der Waals surface area contributed by atoms with Crippen LogP contribution in [0.5, 0.6) is 0 Å². The summed E-state index contributed by atoms with van der Waals surface area (Å²) < 4.78 is 5.05. The van der Waals surface area contributed by atoms with Crippen LogP contribution in [0.25, 0.3) is 0 Å². The lowest BCUT2D eigenvalue weighted by Gasteiger charge is -2.08. The lowest BCUT2D eigenvalue weighted by Crippen LogP contribution is -2.21. The molecule has 0 aromatic heterocycles. The average Bonchev–Trinajstić information content (AvgIpc) is 2.36. The van der Waals surface area contributed by atoms with E-state index >= 15 is 0 Å². The second-order valence-electron chi connectivity index (χ2n) is 2.51. The van der Waals surface area contributed by atoms with Crippen LogP contribution in [0.2, 0.25) is 0 Å². The smallest absolute Gasteiger partial charge is 0.423 e. The third-order valence-electron chi connectivity index (χ3n) is 1.79. The summed E-state index contributed by atoms with van der Waals surface area (Å²) in [7, 11) is -1.38. The highest BCUT2D eigenvalue weighted by atomic mass is 16.5. The van der Waals surface area contributed by atoms with E-state index in [1.54, 1.807) is 0 Å². The Balaban J connectivity index is 2.40. The largest absolute Gasteiger partial charge is 0.483 e. The number of hydrogen-bond donors (Lipinski definition) is 2. The zero-order valence-corrected chi connectivity index (χ0v) is 5.79. The first kappa shape index (κ1) is 7.79. The summed E-state index contributed by atoms with van der Waals surface area (Å²) >= 11 is 0. The number of hydrogen-bond acceptors (Lipinski definition) is 3. The molecule has 1 rings (SSSR count). The van der Waals surface area contributed by atoms with Crippen molar-refractivity contribution in [2.45, 2.75) is 6.42 Å². The molecule has 1 aliphatic heterocycles. The van der Waals surface area contributed by atoms with Crippen molar-refractivity contribution in [3.05, 3.63) is 12.1 Å². The highest BCUT2D eigenvalue weighted by molar-refractivity contribution is 6.50. The van der Waals surface area contributed by atoms with E-state index < -0.39 is 7.12 Å². The summed E-state index contributed by atoms with van der Waals surface area (Å²) in [6.45, 7) is 4.84. The van der Waals surface area contributed by atoms with Crippen molar-refractivity contribution in [3.63, 3.8) is 0 Å². The third kappa shape index (κ3) is 1.59. The van der Waals surface area contributed by atoms with Crippen LogP contribution in [-0.4, -0.2) is 30.4 Å². The Hall–Kier alpha value is -0.315. The first-order valence-corrected chi connectivity index (χ1v) is 3.34. The molecular weight excluding hydrogens is 131 g/mol. The molecule has 0 aromatic rings. The maximum atomic E-state index is 8.68. The van der Waals surface area contributed by atoms with Crippen LogP contribution >= 0.6 is 0 Å². The standard InChI is InChI=1S/C6H11BO3/c1-5(7(8)9)6-2-3-10-4-6/h6,8-9H,1-4H2. The minimum atomic E-state index is -1.38. The van der Waals surface area contributed by atoms with Gasteiger partial charge in [0, 0.05) is 12.5 Å². The normalized spacial score (nSPS) is 24.8. The minimum absolute atomic E-state index is 0.139. The SMILES string of the molecule is C=C(B(O)O)C1CCOC1. The molecule has 0 spiro atoms. The zero-order chi connectivity index (χ0) is 7.56. The van der Waals surface area contributed by atoms with Gasteiger partial charge in [0.25, 0.3) is 0 Å². The molecule has 0 amide bonds. The molecule has 1 unspecified atom stereocenters. The fraction of sp³-hybridized carbons (Fsp3) is 0.667. The average molecular weight is 142 g/mol. The van der Waals surface area contributed by atoms with Crippen LogP contribution in [0.1, 0.15) is 6.42 Å². The van der Waals surface area contributed by atoms with E-state index in [2.05, 4.69) is 6.58 Å². The Labute approximate surface area is 60.5 Å². The molecule has 56 valence electrons. The van der Waals surface area contributed by atoms with Crippen LogP contribution in [0, 0.1) is 5.92 Å². The van der Waals surface area contributed by atoms with E-state index in [4.69, 9.17) is 14.8 Å². The monoisotopic (exact) mass is 142 g/mol. The van der Waals surface area contributed by atoms with E-state index in [0.29, 0.717) is 18.7 Å². The first-order chi connectivity index (χ1) is 4.72. The quantitative estimate of drug-likeness (QED) is 0.515. The predicted molar refractivity (Wildman–Crippen MR) is 38.3 cm³/mol. The van der Waals surface area contributed by atoms with Gasteiger partial charge in [-0.2, -0.15) is 0 Å². The van der Waals surface area contributed by atoms with Crippen molar-refractivity contribution in [1.29, 1.82) is 0 Å². The first-order valence-electron chi connectivity index (χ1n) is 3.34. The van der Waals surface area contributed by atoms with Crippen LogP contribution < -0.4 is 0 Å². The fourth-order valence-electron chi connectivity index (χ4n) is 1.04. The maximum absolute atomic E-state index is 8.68. The summed E-state index contributed by atoms with van der Waals surface area (Å²) in [5.41, 5.74) is 0.470. The van der Waals surface area contributed by atoms with Gasteiger partial charge in [-0.1, -0.05) is 0 Å². The van der Waals surface area contributed by atoms with Gasteiger partial charge in [0.15, 0.2) is 0 Å². The molecule has 3 nitrogen and oxygen atoms in total. The molecule has 0 bridgehead atoms. The topological polar surface area (TPSA) is 49.7 Å². The van der Waals surface area contributed by atoms with E-state index in [0.717, 1.165) is 6.42 Å². The molecule has 1 atom stereocenters. The van der Waals surface area contributed by atoms with E-state index in [9.17, 15) is 0 Å². The van der Waals surface area contributed by atoms with Gasteiger partial charge < -0.3 is 14.8 Å². The summed E-state index contributed by atoms with van der Waals surface area (Å²) in [5, 5.41) is 17.4. The molecule has 10 heavy (non-hydrogen) atoms. The highest BCUT2D eigenvalue weighted by Crippen LogP contribution is 2.20. The van der Waals surface area contributed by atoms with Crippen LogP contribution in [0.3, 0.4) is 0 Å². The van der Waals surface area contributed by atoms with E-state index in [1.165, 1.54) is 0 Å². The van der Waals surface area contributed by atoms with Gasteiger partial charge in [-0.15, -0.1) is 6.58 Å². The van der Waals surface area contributed by atoms with Gasteiger partial charge in [-0.3, -0.25) is 0 Å². The van der Waals surface area contributed by atoms with Gasteiger partial charge in [0.1, 0.15) is 0 Å². The number of ether oxygens (including phenoxy) is 1. The molecule has 1 fully saturated rings. The van der Waals surface area contributed by atoms with E-state index in [1.807, 2.05) is 0 Å². The van der Waals surface area contributed by atoms with Crippen molar-refractivity contribution < 1.29 is 14.8 Å². The molecule has 0 aromatic carbocycles. The van der Waals surface area contributed by atoms with E-state index in [-0.39, 0.29) is 5.92 Å². The van der Waals surface area contributed by atoms with Gasteiger partial charge in [0.05, 0.1) is 6.61 Å². The Morgan fingerprint density at radius 3 is 2.70 bits per heavy atom. The molecule has 0 aliphatic carbocycles. The summed E-state index contributed by atoms with van der Waals surface area (Å²) in [4.78, 5) is 0. The summed E-state index contributed by atoms with van der Waals surface area (Å²) in [6, 6.07) is 0. The fourth-order valence-corrected chi connectivity index (χ4v) is 1.04. The molecule has 1 saturated heterocycles. The van der Waals surface area contributed by atoms with Crippen molar-refractivity contribution in [1.82, 2.24) is 0 Å². The summed E-state index contributed by atoms with van der Waals surface area (Å²) in [6.07, 6.45) is 0.858. The molecular formula is C6H11BO3. The molecule has 1 heterocycles. The highest BCUT2D eigenvalue weighted by Gasteiger charge is 2.25. The van der Waals surface area contributed by atoms with Gasteiger partial charge >= 0.3 is 7.12 Å². The minimum Gasteiger partial charge on any atom is -0.423 e. The lowest BCUT2D eigenvalue weighted by atomic mass is 9.72. The Kier molecular flexibility index (Phi) is 2.48. The predicted octanol–water partition coefficient (Wildman–Crippen LogP) is -0.409. The van der Waals surface area contributed by atoms with Gasteiger partial charge in [-0.05, 0) is 11.9 Å². The molecule has 1 aliphatic rings. The van der Waals surface area contributed by atoms with Crippen molar-refractivity contribution >= 4 is 7.12 Å².